The molecule has 1 aromatic rings. The molecule has 0 amide bonds. The van der Waals surface area contributed by atoms with Crippen LogP contribution in [0.4, 0.5) is 0 Å². The Morgan fingerprint density at radius 3 is 2.44 bits per heavy atom. The minimum absolute atomic E-state index is 0.0929. The van der Waals surface area contributed by atoms with Crippen molar-refractivity contribution in [1.29, 1.82) is 0 Å². The van der Waals surface area contributed by atoms with Crippen LogP contribution in [0.5, 0.6) is 11.5 Å². The van der Waals surface area contributed by atoms with Crippen molar-refractivity contribution in [3.63, 3.8) is 0 Å². The van der Waals surface area contributed by atoms with Gasteiger partial charge in [-0.1, -0.05) is 44.1 Å². The Hall–Kier alpha value is -1.61. The third kappa shape index (κ3) is 9.45. The summed E-state index contributed by atoms with van der Waals surface area (Å²) < 4.78 is 14.7. The molecular weight excluding hydrogens is 348 g/mol. The topological polar surface area (TPSA) is 91.3 Å². The molecule has 0 aromatic heterocycles. The van der Waals surface area contributed by atoms with Crippen molar-refractivity contribution >= 4 is 24.0 Å². The van der Waals surface area contributed by atoms with E-state index in [9.17, 15) is 9.59 Å². The SMILES string of the molecule is CCCCCCCCC(=O)Oc1ccc(SOOO)cc1OC(C)=O. The van der Waals surface area contributed by atoms with Crippen LogP contribution >= 0.6 is 12.0 Å². The number of carbonyl (C=O) groups excluding carboxylic acids is 2. The van der Waals surface area contributed by atoms with Gasteiger partial charge in [0, 0.05) is 24.3 Å². The highest BCUT2D eigenvalue weighted by Crippen LogP contribution is 2.33. The molecule has 1 aromatic carbocycles. The Morgan fingerprint density at radius 1 is 1.04 bits per heavy atom. The quantitative estimate of drug-likeness (QED) is 0.141. The van der Waals surface area contributed by atoms with Crippen LogP contribution < -0.4 is 9.47 Å². The zero-order valence-corrected chi connectivity index (χ0v) is 15.3. The Labute approximate surface area is 151 Å². The summed E-state index contributed by atoms with van der Waals surface area (Å²) in [6.07, 6.45) is 6.75. The Balaban J connectivity index is 2.56. The summed E-state index contributed by atoms with van der Waals surface area (Å²) in [7, 11) is 0. The normalized spacial score (nSPS) is 10.5. The molecule has 0 saturated carbocycles. The molecule has 0 saturated heterocycles. The van der Waals surface area contributed by atoms with E-state index in [0.717, 1.165) is 19.3 Å². The summed E-state index contributed by atoms with van der Waals surface area (Å²) in [5.74, 6) is -0.676. The molecule has 0 bridgehead atoms. The predicted octanol–water partition coefficient (Wildman–Crippen LogP) is 4.70. The molecule has 7 nitrogen and oxygen atoms in total. The van der Waals surface area contributed by atoms with Crippen molar-refractivity contribution in [3.8, 4) is 11.5 Å². The molecule has 140 valence electrons. The number of carbonyl (C=O) groups is 2. The lowest BCUT2D eigenvalue weighted by Gasteiger charge is -2.10. The molecule has 0 radical (unpaired) electrons. The largest absolute Gasteiger partial charge is 0.423 e. The summed E-state index contributed by atoms with van der Waals surface area (Å²) in [5, 5.41) is 11.7. The van der Waals surface area contributed by atoms with E-state index in [1.807, 2.05) is 0 Å². The Bertz CT molecular complexity index is 548. The minimum Gasteiger partial charge on any atom is -0.423 e. The van der Waals surface area contributed by atoms with Crippen LogP contribution in [0.1, 0.15) is 58.8 Å². The van der Waals surface area contributed by atoms with Crippen molar-refractivity contribution in [1.82, 2.24) is 0 Å². The van der Waals surface area contributed by atoms with Gasteiger partial charge < -0.3 is 9.47 Å². The molecule has 0 unspecified atom stereocenters. The van der Waals surface area contributed by atoms with Crippen LogP contribution in [0, 0.1) is 0 Å². The smallest absolute Gasteiger partial charge is 0.311 e. The van der Waals surface area contributed by atoms with Gasteiger partial charge >= 0.3 is 11.9 Å². The van der Waals surface area contributed by atoms with E-state index in [1.165, 1.54) is 38.3 Å². The van der Waals surface area contributed by atoms with Gasteiger partial charge in [0.05, 0.1) is 12.0 Å². The molecule has 1 rings (SSSR count). The fourth-order valence-corrected chi connectivity index (χ4v) is 2.52. The number of unbranched alkanes of at least 4 members (excludes halogenated alkanes) is 5. The van der Waals surface area contributed by atoms with E-state index in [1.54, 1.807) is 6.07 Å². The molecular formula is C17H24O7S. The van der Waals surface area contributed by atoms with E-state index < -0.39 is 5.97 Å². The van der Waals surface area contributed by atoms with Gasteiger partial charge in [-0.05, 0) is 18.6 Å². The van der Waals surface area contributed by atoms with Gasteiger partial charge in [-0.2, -0.15) is 0 Å². The minimum atomic E-state index is -0.547. The summed E-state index contributed by atoms with van der Waals surface area (Å²) in [6, 6.07) is 4.50. The number of ether oxygens (including phenoxy) is 2. The highest BCUT2D eigenvalue weighted by atomic mass is 32.2. The fourth-order valence-electron chi connectivity index (χ4n) is 2.14. The van der Waals surface area contributed by atoms with Gasteiger partial charge in [-0.15, -0.1) is 4.33 Å². The number of rotatable bonds is 12. The van der Waals surface area contributed by atoms with Crippen molar-refractivity contribution in [2.45, 2.75) is 63.7 Å². The summed E-state index contributed by atoms with van der Waals surface area (Å²) in [6.45, 7) is 3.40. The van der Waals surface area contributed by atoms with Gasteiger partial charge in [0.25, 0.3) is 0 Å². The molecule has 25 heavy (non-hydrogen) atoms. The first-order valence-electron chi connectivity index (χ1n) is 8.24. The molecule has 8 heteroatoms. The summed E-state index contributed by atoms with van der Waals surface area (Å²) in [4.78, 5) is 23.6. The molecule has 0 spiro atoms. The van der Waals surface area contributed by atoms with E-state index in [4.69, 9.17) is 14.7 Å². The third-order valence-corrected chi connectivity index (χ3v) is 3.86. The van der Waals surface area contributed by atoms with E-state index in [2.05, 4.69) is 16.3 Å². The number of benzene rings is 1. The van der Waals surface area contributed by atoms with Crippen LogP contribution in [0.2, 0.25) is 0 Å². The molecule has 0 atom stereocenters. The van der Waals surface area contributed by atoms with Gasteiger partial charge in [-0.3, -0.25) is 9.59 Å². The first-order valence-corrected chi connectivity index (χ1v) is 8.99. The zero-order valence-electron chi connectivity index (χ0n) is 14.5. The Kier molecular flexibility index (Phi) is 10.9. The van der Waals surface area contributed by atoms with Gasteiger partial charge in [0.2, 0.25) is 0 Å². The molecule has 1 N–H and O–H groups in total. The van der Waals surface area contributed by atoms with E-state index >= 15 is 0 Å². The standard InChI is InChI=1S/C17H24O7S/c1-3-4-5-6-7-8-9-17(19)22-15-11-10-14(25-24-23-20)12-16(15)21-13(2)18/h10-12,20H,3-9H2,1-2H3. The molecule has 0 aliphatic heterocycles. The fraction of sp³-hybridized carbons (Fsp3) is 0.529. The van der Waals surface area contributed by atoms with Crippen LogP contribution in [0.25, 0.3) is 0 Å². The summed E-state index contributed by atoms with van der Waals surface area (Å²) >= 11 is 0.709. The number of esters is 2. The van der Waals surface area contributed by atoms with Crippen LogP contribution in [-0.4, -0.2) is 17.2 Å². The van der Waals surface area contributed by atoms with Crippen molar-refractivity contribution in [2.75, 3.05) is 0 Å². The first kappa shape index (κ1) is 21.4. The number of hydrogen-bond donors (Lipinski definition) is 1. The molecule has 0 heterocycles. The second kappa shape index (κ2) is 12.7. The average Bonchev–Trinajstić information content (AvgIpc) is 2.57. The monoisotopic (exact) mass is 372 g/mol. The Morgan fingerprint density at radius 2 is 1.76 bits per heavy atom. The maximum absolute atomic E-state index is 12.0. The second-order valence-electron chi connectivity index (χ2n) is 5.42. The molecule has 0 aliphatic carbocycles. The van der Waals surface area contributed by atoms with E-state index in [0.29, 0.717) is 23.4 Å². The molecule has 0 aliphatic rings. The van der Waals surface area contributed by atoms with Crippen LogP contribution in [0.15, 0.2) is 23.1 Å². The lowest BCUT2D eigenvalue weighted by atomic mass is 10.1. The van der Waals surface area contributed by atoms with Crippen molar-refractivity contribution in [3.05, 3.63) is 18.2 Å². The van der Waals surface area contributed by atoms with Gasteiger partial charge in [0.15, 0.2) is 11.5 Å². The lowest BCUT2D eigenvalue weighted by Crippen LogP contribution is -2.10. The van der Waals surface area contributed by atoms with Crippen LogP contribution in [-0.2, 0) is 19.0 Å². The van der Waals surface area contributed by atoms with Crippen molar-refractivity contribution in [2.24, 2.45) is 0 Å². The van der Waals surface area contributed by atoms with Gasteiger partial charge in [-0.25, -0.2) is 5.26 Å². The highest BCUT2D eigenvalue weighted by molar-refractivity contribution is 7.94. The van der Waals surface area contributed by atoms with Crippen LogP contribution in [0.3, 0.4) is 0 Å². The second-order valence-corrected chi connectivity index (χ2v) is 6.19. The molecule has 0 fully saturated rings. The highest BCUT2D eigenvalue weighted by Gasteiger charge is 2.14. The lowest BCUT2D eigenvalue weighted by molar-refractivity contribution is -0.432. The first-order chi connectivity index (χ1) is 12.1. The van der Waals surface area contributed by atoms with E-state index in [-0.39, 0.29) is 17.5 Å². The third-order valence-electron chi connectivity index (χ3n) is 3.29. The predicted molar refractivity (Wildman–Crippen MR) is 92.0 cm³/mol. The summed E-state index contributed by atoms with van der Waals surface area (Å²) in [5.41, 5.74) is 0. The van der Waals surface area contributed by atoms with Crippen molar-refractivity contribution < 1.29 is 33.7 Å². The van der Waals surface area contributed by atoms with Gasteiger partial charge in [0.1, 0.15) is 0 Å². The maximum Gasteiger partial charge on any atom is 0.311 e. The maximum atomic E-state index is 12.0. The number of hydrogen-bond acceptors (Lipinski definition) is 8. The average molecular weight is 372 g/mol. The zero-order chi connectivity index (χ0) is 18.5.